The molecular weight excluding hydrogens is 288 g/mol. The normalized spacial score (nSPS) is 11.9. The average molecular weight is 303 g/mol. The maximum absolute atomic E-state index is 11.1. The predicted molar refractivity (Wildman–Crippen MR) is 67.4 cm³/mol. The zero-order valence-corrected chi connectivity index (χ0v) is 11.4. The van der Waals surface area contributed by atoms with Gasteiger partial charge in [0.15, 0.2) is 0 Å². The van der Waals surface area contributed by atoms with Crippen LogP contribution in [0.1, 0.15) is 5.56 Å². The van der Waals surface area contributed by atoms with E-state index in [9.17, 15) is 4.79 Å². The molecule has 0 spiro atoms. The molecule has 5 heteroatoms. The van der Waals surface area contributed by atoms with Gasteiger partial charge in [-0.2, -0.15) is 0 Å². The summed E-state index contributed by atoms with van der Waals surface area (Å²) < 4.78 is 15.0. The molecule has 1 atom stereocenters. The van der Waals surface area contributed by atoms with Crippen LogP contribution in [-0.2, 0) is 20.9 Å². The number of carbonyl (C=O) groups excluding carboxylic acids is 1. The third kappa shape index (κ3) is 4.75. The number of esters is 1. The number of hydrogen-bond donors (Lipinski definition) is 0. The van der Waals surface area contributed by atoms with Gasteiger partial charge in [-0.15, -0.1) is 0 Å². The van der Waals surface area contributed by atoms with E-state index >= 15 is 0 Å². The maximum Gasteiger partial charge on any atom is 0.321 e. The summed E-state index contributed by atoms with van der Waals surface area (Å²) in [5.74, 6) is 0.474. The molecule has 17 heavy (non-hydrogen) atoms. The third-order valence-electron chi connectivity index (χ3n) is 2.15. The first-order valence-electron chi connectivity index (χ1n) is 5.10. The van der Waals surface area contributed by atoms with E-state index in [1.54, 1.807) is 7.11 Å². The molecule has 0 radical (unpaired) electrons. The minimum atomic E-state index is -0.425. The highest BCUT2D eigenvalue weighted by Crippen LogP contribution is 2.12. The Bertz CT molecular complexity index is 350. The topological polar surface area (TPSA) is 44.8 Å². The minimum Gasteiger partial charge on any atom is -0.497 e. The van der Waals surface area contributed by atoms with E-state index in [1.165, 1.54) is 7.11 Å². The second-order valence-corrected chi connectivity index (χ2v) is 4.46. The molecule has 0 N–H and O–H groups in total. The number of rotatable bonds is 6. The molecule has 1 aromatic carbocycles. The molecule has 0 heterocycles. The number of hydrogen-bond acceptors (Lipinski definition) is 4. The fourth-order valence-electron chi connectivity index (χ4n) is 1.20. The Morgan fingerprint density at radius 1 is 1.29 bits per heavy atom. The van der Waals surface area contributed by atoms with Crippen molar-refractivity contribution >= 4 is 21.9 Å². The van der Waals surface area contributed by atoms with E-state index < -0.39 is 4.83 Å². The van der Waals surface area contributed by atoms with Crippen LogP contribution in [-0.4, -0.2) is 31.6 Å². The van der Waals surface area contributed by atoms with Crippen LogP contribution in [0.15, 0.2) is 24.3 Å². The van der Waals surface area contributed by atoms with E-state index in [-0.39, 0.29) is 12.6 Å². The lowest BCUT2D eigenvalue weighted by Crippen LogP contribution is -2.21. The number of alkyl halides is 1. The molecule has 0 aliphatic carbocycles. The second kappa shape index (κ2) is 7.29. The first kappa shape index (κ1) is 14.0. The first-order valence-corrected chi connectivity index (χ1v) is 6.01. The van der Waals surface area contributed by atoms with Crippen LogP contribution < -0.4 is 4.74 Å². The van der Waals surface area contributed by atoms with Crippen LogP contribution in [0.25, 0.3) is 0 Å². The van der Waals surface area contributed by atoms with Gasteiger partial charge in [-0.1, -0.05) is 28.1 Å². The van der Waals surface area contributed by atoms with Crippen molar-refractivity contribution in [1.29, 1.82) is 0 Å². The van der Waals surface area contributed by atoms with Crippen LogP contribution in [0.5, 0.6) is 5.75 Å². The molecule has 0 amide bonds. The summed E-state index contributed by atoms with van der Waals surface area (Å²) in [5, 5.41) is 0. The predicted octanol–water partition coefficient (Wildman–Crippen LogP) is 2.15. The Hall–Kier alpha value is -1.07. The number of carbonyl (C=O) groups is 1. The van der Waals surface area contributed by atoms with Crippen LogP contribution >= 0.6 is 15.9 Å². The summed E-state index contributed by atoms with van der Waals surface area (Å²) >= 11 is 3.18. The Kier molecular flexibility index (Phi) is 6.00. The van der Waals surface area contributed by atoms with Gasteiger partial charge in [-0.25, -0.2) is 0 Å². The molecule has 0 aliphatic rings. The van der Waals surface area contributed by atoms with Crippen molar-refractivity contribution in [3.8, 4) is 5.75 Å². The third-order valence-corrected chi connectivity index (χ3v) is 2.79. The van der Waals surface area contributed by atoms with Crippen LogP contribution in [0.2, 0.25) is 0 Å². The van der Waals surface area contributed by atoms with Crippen molar-refractivity contribution in [3.63, 3.8) is 0 Å². The Labute approximate surface area is 109 Å². The Morgan fingerprint density at radius 3 is 2.47 bits per heavy atom. The molecule has 0 fully saturated rings. The molecule has 4 nitrogen and oxygen atoms in total. The molecule has 0 aromatic heterocycles. The second-order valence-electron chi connectivity index (χ2n) is 3.35. The van der Waals surface area contributed by atoms with Crippen LogP contribution in [0, 0.1) is 0 Å². The van der Waals surface area contributed by atoms with Gasteiger partial charge in [0.25, 0.3) is 0 Å². The fraction of sp³-hybridized carbons (Fsp3) is 0.417. The smallest absolute Gasteiger partial charge is 0.321 e. The lowest BCUT2D eigenvalue weighted by molar-refractivity contribution is -0.141. The van der Waals surface area contributed by atoms with E-state index in [0.29, 0.717) is 6.61 Å². The molecular formula is C12H15BrO4. The highest BCUT2D eigenvalue weighted by atomic mass is 79.9. The average Bonchev–Trinajstić information content (AvgIpc) is 2.38. The van der Waals surface area contributed by atoms with Gasteiger partial charge in [0.05, 0.1) is 27.4 Å². The number of ether oxygens (including phenoxy) is 3. The standard InChI is InChI=1S/C12H15BrO4/c1-15-10-5-3-9(4-6-10)7-17-8-11(13)12(14)16-2/h3-6,11H,7-8H2,1-2H3. The van der Waals surface area contributed by atoms with Gasteiger partial charge in [-0.3, -0.25) is 4.79 Å². The molecule has 0 saturated carbocycles. The summed E-state index contributed by atoms with van der Waals surface area (Å²) in [7, 11) is 2.97. The molecule has 1 rings (SSSR count). The number of methoxy groups -OCH3 is 2. The van der Waals surface area contributed by atoms with Crippen molar-refractivity contribution in [2.75, 3.05) is 20.8 Å². The van der Waals surface area contributed by atoms with E-state index in [0.717, 1.165) is 11.3 Å². The lowest BCUT2D eigenvalue weighted by Gasteiger charge is -2.09. The maximum atomic E-state index is 11.1. The monoisotopic (exact) mass is 302 g/mol. The van der Waals surface area contributed by atoms with Crippen molar-refractivity contribution in [2.45, 2.75) is 11.4 Å². The minimum absolute atomic E-state index is 0.276. The Morgan fingerprint density at radius 2 is 1.94 bits per heavy atom. The highest BCUT2D eigenvalue weighted by Gasteiger charge is 2.14. The largest absolute Gasteiger partial charge is 0.497 e. The quantitative estimate of drug-likeness (QED) is 0.597. The molecule has 1 aromatic rings. The van der Waals surface area contributed by atoms with E-state index in [1.807, 2.05) is 24.3 Å². The van der Waals surface area contributed by atoms with Gasteiger partial charge in [0, 0.05) is 0 Å². The molecule has 0 bridgehead atoms. The molecule has 94 valence electrons. The van der Waals surface area contributed by atoms with Gasteiger partial charge in [0.2, 0.25) is 0 Å². The van der Waals surface area contributed by atoms with Crippen molar-refractivity contribution in [1.82, 2.24) is 0 Å². The number of benzene rings is 1. The highest BCUT2D eigenvalue weighted by molar-refractivity contribution is 9.10. The molecule has 0 aliphatic heterocycles. The summed E-state index contributed by atoms with van der Waals surface area (Å²) in [6.07, 6.45) is 0. The number of halogens is 1. The summed E-state index contributed by atoms with van der Waals surface area (Å²) in [6.45, 7) is 0.724. The SMILES string of the molecule is COC(=O)C(Br)COCc1ccc(OC)cc1. The van der Waals surface area contributed by atoms with Crippen molar-refractivity contribution < 1.29 is 19.0 Å². The van der Waals surface area contributed by atoms with Crippen molar-refractivity contribution in [3.05, 3.63) is 29.8 Å². The Balaban J connectivity index is 2.33. The van der Waals surface area contributed by atoms with Gasteiger partial charge in [-0.05, 0) is 17.7 Å². The first-order chi connectivity index (χ1) is 8.17. The zero-order chi connectivity index (χ0) is 12.7. The van der Waals surface area contributed by atoms with Gasteiger partial charge in [0.1, 0.15) is 10.6 Å². The van der Waals surface area contributed by atoms with Gasteiger partial charge < -0.3 is 14.2 Å². The van der Waals surface area contributed by atoms with E-state index in [4.69, 9.17) is 9.47 Å². The molecule has 1 unspecified atom stereocenters. The van der Waals surface area contributed by atoms with Crippen molar-refractivity contribution in [2.24, 2.45) is 0 Å². The van der Waals surface area contributed by atoms with E-state index in [2.05, 4.69) is 20.7 Å². The summed E-state index contributed by atoms with van der Waals surface area (Å²) in [6, 6.07) is 7.57. The zero-order valence-electron chi connectivity index (χ0n) is 9.81. The molecule has 0 saturated heterocycles. The van der Waals surface area contributed by atoms with Crippen LogP contribution in [0.3, 0.4) is 0 Å². The summed E-state index contributed by atoms with van der Waals surface area (Å²) in [4.78, 5) is 10.6. The lowest BCUT2D eigenvalue weighted by atomic mass is 10.2. The van der Waals surface area contributed by atoms with Crippen LogP contribution in [0.4, 0.5) is 0 Å². The summed E-state index contributed by atoms with van der Waals surface area (Å²) in [5.41, 5.74) is 1.02. The fourth-order valence-corrected chi connectivity index (χ4v) is 1.57. The van der Waals surface area contributed by atoms with Gasteiger partial charge >= 0.3 is 5.97 Å².